The number of rotatable bonds is 3. The van der Waals surface area contributed by atoms with Crippen LogP contribution in [0, 0.1) is 6.92 Å². The van der Waals surface area contributed by atoms with Crippen molar-refractivity contribution >= 4 is 11.3 Å². The van der Waals surface area contributed by atoms with Crippen LogP contribution in [0.3, 0.4) is 0 Å². The van der Waals surface area contributed by atoms with Crippen LogP contribution in [0.2, 0.25) is 0 Å². The van der Waals surface area contributed by atoms with Crippen LogP contribution in [0.4, 0.5) is 0 Å². The Morgan fingerprint density at radius 2 is 2.50 bits per heavy atom. The van der Waals surface area contributed by atoms with Crippen molar-refractivity contribution in [3.8, 4) is 0 Å². The fraction of sp³-hybridized carbons (Fsp3) is 0.667. The standard InChI is InChI=1S/C9H14N2S/c1-7-5-11-9(12-7)6-10-8-3-2-4-8/h5,8,10H,2-4,6H2,1H3. The Kier molecular flexibility index (Phi) is 2.42. The second kappa shape index (κ2) is 3.54. The first-order chi connectivity index (χ1) is 5.84. The van der Waals surface area contributed by atoms with Crippen molar-refractivity contribution in [2.75, 3.05) is 0 Å². The molecule has 0 atom stereocenters. The van der Waals surface area contributed by atoms with E-state index in [0.29, 0.717) is 0 Å². The summed E-state index contributed by atoms with van der Waals surface area (Å²) in [7, 11) is 0. The maximum Gasteiger partial charge on any atom is 0.107 e. The van der Waals surface area contributed by atoms with Crippen LogP contribution in [-0.4, -0.2) is 11.0 Å². The quantitative estimate of drug-likeness (QED) is 0.774. The van der Waals surface area contributed by atoms with Gasteiger partial charge in [-0.1, -0.05) is 6.42 Å². The first-order valence-electron chi connectivity index (χ1n) is 4.49. The van der Waals surface area contributed by atoms with E-state index < -0.39 is 0 Å². The summed E-state index contributed by atoms with van der Waals surface area (Å²) >= 11 is 1.79. The minimum Gasteiger partial charge on any atom is -0.308 e. The summed E-state index contributed by atoms with van der Waals surface area (Å²) in [6.45, 7) is 3.06. The van der Waals surface area contributed by atoms with Crippen molar-refractivity contribution in [3.05, 3.63) is 16.1 Å². The fourth-order valence-electron chi connectivity index (χ4n) is 1.33. The van der Waals surface area contributed by atoms with Crippen molar-refractivity contribution in [2.45, 2.75) is 38.8 Å². The van der Waals surface area contributed by atoms with Crippen LogP contribution in [0.1, 0.15) is 29.1 Å². The molecule has 1 aromatic heterocycles. The number of thiazole rings is 1. The molecule has 1 aliphatic carbocycles. The van der Waals surface area contributed by atoms with Gasteiger partial charge < -0.3 is 5.32 Å². The summed E-state index contributed by atoms with van der Waals surface area (Å²) < 4.78 is 0. The topological polar surface area (TPSA) is 24.9 Å². The minimum atomic E-state index is 0.772. The number of hydrogen-bond acceptors (Lipinski definition) is 3. The summed E-state index contributed by atoms with van der Waals surface area (Å²) in [6, 6.07) is 0.772. The van der Waals surface area contributed by atoms with Crippen LogP contribution in [0.5, 0.6) is 0 Å². The Balaban J connectivity index is 1.79. The maximum atomic E-state index is 4.30. The van der Waals surface area contributed by atoms with Crippen LogP contribution in [0.25, 0.3) is 0 Å². The second-order valence-electron chi connectivity index (χ2n) is 3.37. The molecule has 0 saturated heterocycles. The lowest BCUT2D eigenvalue weighted by Crippen LogP contribution is -2.34. The van der Waals surface area contributed by atoms with E-state index in [0.717, 1.165) is 12.6 Å². The summed E-state index contributed by atoms with van der Waals surface area (Å²) in [6.07, 6.45) is 6.05. The van der Waals surface area contributed by atoms with E-state index >= 15 is 0 Å². The van der Waals surface area contributed by atoms with Crippen molar-refractivity contribution < 1.29 is 0 Å². The summed E-state index contributed by atoms with van der Waals surface area (Å²) in [5.74, 6) is 0. The van der Waals surface area contributed by atoms with Crippen LogP contribution in [-0.2, 0) is 6.54 Å². The third-order valence-electron chi connectivity index (χ3n) is 2.32. The molecule has 0 aromatic carbocycles. The number of nitrogens with zero attached hydrogens (tertiary/aromatic N) is 1. The van der Waals surface area contributed by atoms with Gasteiger partial charge in [-0.25, -0.2) is 4.98 Å². The van der Waals surface area contributed by atoms with Gasteiger partial charge in [0.15, 0.2) is 0 Å². The van der Waals surface area contributed by atoms with Crippen LogP contribution >= 0.6 is 11.3 Å². The molecule has 1 aromatic rings. The summed E-state index contributed by atoms with van der Waals surface area (Å²) in [5, 5.41) is 4.72. The monoisotopic (exact) mass is 182 g/mol. The molecule has 0 amide bonds. The third-order valence-corrected chi connectivity index (χ3v) is 3.23. The Hall–Kier alpha value is -0.410. The maximum absolute atomic E-state index is 4.30. The number of aryl methyl sites for hydroxylation is 1. The normalized spacial score (nSPS) is 17.8. The van der Waals surface area contributed by atoms with Crippen molar-refractivity contribution in [1.82, 2.24) is 10.3 Å². The molecule has 2 nitrogen and oxygen atoms in total. The van der Waals surface area contributed by atoms with Gasteiger partial charge in [0.25, 0.3) is 0 Å². The first kappa shape index (κ1) is 8.20. The van der Waals surface area contributed by atoms with E-state index in [1.165, 1.54) is 29.1 Å². The Morgan fingerprint density at radius 3 is 3.00 bits per heavy atom. The zero-order valence-electron chi connectivity index (χ0n) is 7.34. The number of aromatic nitrogens is 1. The molecule has 0 spiro atoms. The third kappa shape index (κ3) is 1.84. The Morgan fingerprint density at radius 1 is 1.67 bits per heavy atom. The molecule has 66 valence electrons. The Bertz CT molecular complexity index is 253. The average molecular weight is 182 g/mol. The van der Waals surface area contributed by atoms with E-state index in [4.69, 9.17) is 0 Å². The molecule has 1 heterocycles. The highest BCUT2D eigenvalue weighted by Crippen LogP contribution is 2.19. The average Bonchev–Trinajstić information content (AvgIpc) is 2.32. The second-order valence-corrected chi connectivity index (χ2v) is 4.69. The molecule has 0 bridgehead atoms. The summed E-state index contributed by atoms with van der Waals surface area (Å²) in [4.78, 5) is 5.61. The largest absolute Gasteiger partial charge is 0.308 e. The van der Waals surface area contributed by atoms with Gasteiger partial charge in [-0.2, -0.15) is 0 Å². The molecule has 1 fully saturated rings. The molecule has 1 aliphatic rings. The molecule has 0 aliphatic heterocycles. The number of hydrogen-bond donors (Lipinski definition) is 1. The first-order valence-corrected chi connectivity index (χ1v) is 5.31. The van der Waals surface area contributed by atoms with Gasteiger partial charge in [0, 0.05) is 23.7 Å². The predicted molar refractivity (Wildman–Crippen MR) is 51.3 cm³/mol. The molecular formula is C9H14N2S. The van der Waals surface area contributed by atoms with Gasteiger partial charge in [-0.3, -0.25) is 0 Å². The van der Waals surface area contributed by atoms with E-state index in [2.05, 4.69) is 17.2 Å². The lowest BCUT2D eigenvalue weighted by Gasteiger charge is -2.25. The molecular weight excluding hydrogens is 168 g/mol. The summed E-state index contributed by atoms with van der Waals surface area (Å²) in [5.41, 5.74) is 0. The van der Waals surface area contributed by atoms with Gasteiger partial charge in [0.05, 0.1) is 0 Å². The number of nitrogens with one attached hydrogen (secondary N) is 1. The van der Waals surface area contributed by atoms with Gasteiger partial charge in [0.2, 0.25) is 0 Å². The zero-order chi connectivity index (χ0) is 8.39. The molecule has 0 unspecified atom stereocenters. The zero-order valence-corrected chi connectivity index (χ0v) is 8.16. The highest BCUT2D eigenvalue weighted by atomic mass is 32.1. The molecule has 0 radical (unpaired) electrons. The molecule has 12 heavy (non-hydrogen) atoms. The van der Waals surface area contributed by atoms with E-state index in [9.17, 15) is 0 Å². The van der Waals surface area contributed by atoms with Gasteiger partial charge in [0.1, 0.15) is 5.01 Å². The molecule has 3 heteroatoms. The SMILES string of the molecule is Cc1cnc(CNC2CCC2)s1. The highest BCUT2D eigenvalue weighted by Gasteiger charge is 2.16. The van der Waals surface area contributed by atoms with Crippen LogP contribution < -0.4 is 5.32 Å². The fourth-order valence-corrected chi connectivity index (χ4v) is 2.07. The molecule has 1 saturated carbocycles. The van der Waals surface area contributed by atoms with Crippen molar-refractivity contribution in [2.24, 2.45) is 0 Å². The Labute approximate surface area is 77.0 Å². The van der Waals surface area contributed by atoms with Gasteiger partial charge in [-0.05, 0) is 19.8 Å². The smallest absolute Gasteiger partial charge is 0.107 e. The van der Waals surface area contributed by atoms with E-state index in [1.54, 1.807) is 11.3 Å². The lowest BCUT2D eigenvalue weighted by atomic mass is 9.93. The highest BCUT2D eigenvalue weighted by molar-refractivity contribution is 7.11. The van der Waals surface area contributed by atoms with Crippen molar-refractivity contribution in [3.63, 3.8) is 0 Å². The van der Waals surface area contributed by atoms with Gasteiger partial charge >= 0.3 is 0 Å². The molecule has 1 N–H and O–H groups in total. The predicted octanol–water partition coefficient (Wildman–Crippen LogP) is 2.09. The van der Waals surface area contributed by atoms with Crippen molar-refractivity contribution in [1.29, 1.82) is 0 Å². The van der Waals surface area contributed by atoms with E-state index in [-0.39, 0.29) is 0 Å². The van der Waals surface area contributed by atoms with Crippen LogP contribution in [0.15, 0.2) is 6.20 Å². The minimum absolute atomic E-state index is 0.772. The van der Waals surface area contributed by atoms with E-state index in [1.807, 2.05) is 6.20 Å². The molecule has 2 rings (SSSR count). The lowest BCUT2D eigenvalue weighted by molar-refractivity contribution is 0.338. The van der Waals surface area contributed by atoms with Gasteiger partial charge in [-0.15, -0.1) is 11.3 Å².